The molecule has 0 fully saturated rings. The van der Waals surface area contributed by atoms with Crippen molar-refractivity contribution in [2.45, 2.75) is 25.7 Å². The summed E-state index contributed by atoms with van der Waals surface area (Å²) in [5.74, 6) is 0.710. The number of carbonyl (C=O) groups is 1. The molecule has 1 aliphatic carbocycles. The number of nitrogens with one attached hydrogen (secondary N) is 2. The van der Waals surface area contributed by atoms with E-state index in [1.165, 1.54) is 6.33 Å². The zero-order valence-electron chi connectivity index (χ0n) is 12.0. The number of amides is 1. The number of aryl methyl sites for hydroxylation is 1. The molecule has 1 atom stereocenters. The van der Waals surface area contributed by atoms with E-state index in [1.807, 2.05) is 0 Å². The smallest absolute Gasteiger partial charge is 0.223 e. The lowest BCUT2D eigenvalue weighted by Gasteiger charge is -2.21. The van der Waals surface area contributed by atoms with Crippen LogP contribution in [0.15, 0.2) is 6.33 Å². The maximum absolute atomic E-state index is 12.3. The van der Waals surface area contributed by atoms with E-state index >= 15 is 0 Å². The van der Waals surface area contributed by atoms with Crippen molar-refractivity contribution in [2.75, 3.05) is 12.3 Å². The van der Waals surface area contributed by atoms with Crippen LogP contribution in [0.5, 0.6) is 0 Å². The van der Waals surface area contributed by atoms with Crippen LogP contribution >= 0.6 is 11.6 Å². The first-order valence-corrected chi connectivity index (χ1v) is 8.70. The number of hydrogen-bond acceptors (Lipinski definition) is 4. The van der Waals surface area contributed by atoms with E-state index in [1.54, 1.807) is 0 Å². The molecule has 2 aromatic heterocycles. The molecule has 0 radical (unpaired) electrons. The molecule has 0 aromatic carbocycles. The predicted molar refractivity (Wildman–Crippen MR) is 88.3 cm³/mol. The van der Waals surface area contributed by atoms with Gasteiger partial charge in [0.2, 0.25) is 5.91 Å². The third-order valence-corrected chi connectivity index (χ3v) is 4.84. The zero-order chi connectivity index (χ0) is 15.5. The topological polar surface area (TPSA) is 90.9 Å². The monoisotopic (exact) mass is 341 g/mol. The standard InChI is InChI=1S/C14H17ClN4O2S/c15-12-11-9-6-8(14(20)16-4-1-5-22-21)2-3-10(9)19-13(11)18-7-17-12/h7-8,21H,1-6H2,(H,16,20)(H,17,18,19)/p+1. The van der Waals surface area contributed by atoms with E-state index in [0.717, 1.165) is 41.6 Å². The second-order valence-corrected chi connectivity index (χ2v) is 6.51. The van der Waals surface area contributed by atoms with Crippen LogP contribution in [0, 0.1) is 5.92 Å². The molecule has 118 valence electrons. The van der Waals surface area contributed by atoms with Gasteiger partial charge in [-0.25, -0.2) is 9.97 Å². The van der Waals surface area contributed by atoms with Crippen molar-refractivity contribution in [1.29, 1.82) is 0 Å². The van der Waals surface area contributed by atoms with Gasteiger partial charge in [-0.05, 0) is 24.8 Å². The molecule has 1 unspecified atom stereocenters. The first-order valence-electron chi connectivity index (χ1n) is 7.29. The Balaban J connectivity index is 1.73. The molecule has 8 heteroatoms. The third kappa shape index (κ3) is 3.06. The van der Waals surface area contributed by atoms with Crippen LogP contribution in [0.4, 0.5) is 0 Å². The van der Waals surface area contributed by atoms with Crippen LogP contribution in [0.2, 0.25) is 5.15 Å². The van der Waals surface area contributed by atoms with Gasteiger partial charge in [0, 0.05) is 24.6 Å². The molecule has 1 aliphatic rings. The maximum atomic E-state index is 12.3. The average molecular weight is 342 g/mol. The zero-order valence-corrected chi connectivity index (χ0v) is 13.6. The van der Waals surface area contributed by atoms with E-state index < -0.39 is 0 Å². The number of aromatic nitrogens is 3. The number of H-pyrrole nitrogens is 1. The highest BCUT2D eigenvalue weighted by Gasteiger charge is 2.28. The average Bonchev–Trinajstić information content (AvgIpc) is 2.90. The molecular formula is C14H18ClN4O2S+. The molecule has 6 nitrogen and oxygen atoms in total. The summed E-state index contributed by atoms with van der Waals surface area (Å²) >= 11 is 6.56. The van der Waals surface area contributed by atoms with Crippen LogP contribution in [-0.4, -0.2) is 37.7 Å². The summed E-state index contributed by atoms with van der Waals surface area (Å²) in [4.78, 5) is 23.8. The highest BCUT2D eigenvalue weighted by atomic mass is 35.5. The lowest BCUT2D eigenvalue weighted by Crippen LogP contribution is -2.34. The van der Waals surface area contributed by atoms with Gasteiger partial charge in [0.15, 0.2) is 0 Å². The normalized spacial score (nSPS) is 17.5. The number of aromatic amines is 1. The SMILES string of the molecule is O=C(NCCC[SH+]O)C1CCc2[nH]c3ncnc(Cl)c3c2C1. The van der Waals surface area contributed by atoms with E-state index in [0.29, 0.717) is 35.9 Å². The highest BCUT2D eigenvalue weighted by molar-refractivity contribution is 7.72. The summed E-state index contributed by atoms with van der Waals surface area (Å²) in [6.45, 7) is 0.605. The van der Waals surface area contributed by atoms with Gasteiger partial charge in [-0.15, -0.1) is 0 Å². The molecule has 3 rings (SSSR count). The van der Waals surface area contributed by atoms with Crippen LogP contribution in [-0.2, 0) is 29.7 Å². The lowest BCUT2D eigenvalue weighted by atomic mass is 9.86. The number of halogens is 1. The van der Waals surface area contributed by atoms with Gasteiger partial charge < -0.3 is 10.3 Å². The molecule has 0 saturated carbocycles. The summed E-state index contributed by atoms with van der Waals surface area (Å²) in [6, 6.07) is 0. The quantitative estimate of drug-likeness (QED) is 0.333. The Morgan fingerprint density at radius 2 is 2.41 bits per heavy atom. The van der Waals surface area contributed by atoms with Crippen molar-refractivity contribution >= 4 is 40.6 Å². The molecular weight excluding hydrogens is 324 g/mol. The Bertz CT molecular complexity index is 691. The van der Waals surface area contributed by atoms with Crippen LogP contribution < -0.4 is 5.32 Å². The number of carbonyl (C=O) groups excluding carboxylic acids is 1. The van der Waals surface area contributed by atoms with Crippen LogP contribution in [0.3, 0.4) is 0 Å². The summed E-state index contributed by atoms with van der Waals surface area (Å²) < 4.78 is 8.72. The second-order valence-electron chi connectivity index (χ2n) is 5.42. The Labute approximate surface area is 137 Å². The maximum Gasteiger partial charge on any atom is 0.223 e. The molecule has 0 saturated heterocycles. The van der Waals surface area contributed by atoms with Gasteiger partial charge in [-0.3, -0.25) is 4.79 Å². The molecule has 2 aromatic rings. The van der Waals surface area contributed by atoms with Crippen molar-refractivity contribution in [3.8, 4) is 0 Å². The van der Waals surface area contributed by atoms with Crippen LogP contribution in [0.1, 0.15) is 24.1 Å². The summed E-state index contributed by atoms with van der Waals surface area (Å²) in [5, 5.41) is 4.22. The lowest BCUT2D eigenvalue weighted by molar-refractivity contribution is -0.125. The first kappa shape index (κ1) is 15.6. The molecule has 0 spiro atoms. The van der Waals surface area contributed by atoms with Gasteiger partial charge in [0.1, 0.15) is 34.9 Å². The fourth-order valence-electron chi connectivity index (χ4n) is 2.93. The minimum absolute atomic E-state index is 0.0468. The minimum Gasteiger partial charge on any atom is -0.356 e. The molecule has 3 N–H and O–H groups in total. The van der Waals surface area contributed by atoms with Gasteiger partial charge >= 0.3 is 0 Å². The van der Waals surface area contributed by atoms with E-state index in [-0.39, 0.29) is 11.8 Å². The first-order chi connectivity index (χ1) is 10.7. The number of rotatable bonds is 5. The van der Waals surface area contributed by atoms with Crippen molar-refractivity contribution in [3.63, 3.8) is 0 Å². The number of nitrogens with zero attached hydrogens (tertiary/aromatic N) is 2. The van der Waals surface area contributed by atoms with Gasteiger partial charge in [-0.1, -0.05) is 11.6 Å². The van der Waals surface area contributed by atoms with Crippen molar-refractivity contribution in [3.05, 3.63) is 22.7 Å². The van der Waals surface area contributed by atoms with Crippen molar-refractivity contribution < 1.29 is 9.35 Å². The van der Waals surface area contributed by atoms with Crippen molar-refractivity contribution in [1.82, 2.24) is 20.3 Å². The summed E-state index contributed by atoms with van der Waals surface area (Å²) in [7, 11) is 0. The Kier molecular flexibility index (Phi) is 4.85. The number of thiol groups is 1. The van der Waals surface area contributed by atoms with Crippen LogP contribution in [0.25, 0.3) is 11.0 Å². The van der Waals surface area contributed by atoms with Gasteiger partial charge in [0.25, 0.3) is 0 Å². The fourth-order valence-corrected chi connectivity index (χ4v) is 3.48. The molecule has 0 aliphatic heterocycles. The fraction of sp³-hybridized carbons (Fsp3) is 0.500. The van der Waals surface area contributed by atoms with E-state index in [9.17, 15) is 4.79 Å². The molecule has 2 heterocycles. The molecule has 0 bridgehead atoms. The highest BCUT2D eigenvalue weighted by Crippen LogP contribution is 2.33. The van der Waals surface area contributed by atoms with Gasteiger partial charge in [-0.2, -0.15) is 4.55 Å². The van der Waals surface area contributed by atoms with Gasteiger partial charge in [0.05, 0.1) is 5.39 Å². The Morgan fingerprint density at radius 3 is 3.23 bits per heavy atom. The molecule has 1 amide bonds. The largest absolute Gasteiger partial charge is 0.356 e. The number of fused-ring (bicyclic) bond motifs is 3. The van der Waals surface area contributed by atoms with E-state index in [4.69, 9.17) is 16.2 Å². The Hall–Kier alpha value is -1.31. The number of hydrogen-bond donors (Lipinski definition) is 3. The van der Waals surface area contributed by atoms with E-state index in [2.05, 4.69) is 20.3 Å². The third-order valence-electron chi connectivity index (χ3n) is 4.03. The Morgan fingerprint density at radius 1 is 1.55 bits per heavy atom. The predicted octanol–water partition coefficient (Wildman–Crippen LogP) is 1.51. The van der Waals surface area contributed by atoms with Crippen molar-refractivity contribution in [2.24, 2.45) is 5.92 Å². The molecule has 22 heavy (non-hydrogen) atoms. The second kappa shape index (κ2) is 6.85. The summed E-state index contributed by atoms with van der Waals surface area (Å²) in [5.41, 5.74) is 2.93. The summed E-state index contributed by atoms with van der Waals surface area (Å²) in [6.07, 6.45) is 4.52. The minimum atomic E-state index is -0.0468.